The first-order valence-electron chi connectivity index (χ1n) is 3.67. The van der Waals surface area contributed by atoms with E-state index in [0.29, 0.717) is 12.4 Å². The maximum atomic E-state index is 10.2. The molecule has 0 saturated heterocycles. The summed E-state index contributed by atoms with van der Waals surface area (Å²) in [5.41, 5.74) is 0.753. The van der Waals surface area contributed by atoms with Gasteiger partial charge in [0.2, 0.25) is 5.95 Å². The van der Waals surface area contributed by atoms with Gasteiger partial charge >= 0.3 is 0 Å². The van der Waals surface area contributed by atoms with E-state index >= 15 is 0 Å². The van der Waals surface area contributed by atoms with E-state index in [9.17, 15) is 4.79 Å². The molecule has 0 spiro atoms. The Morgan fingerprint density at radius 2 is 2.33 bits per heavy atom. The molecule has 1 aromatic heterocycles. The molecule has 0 aromatic carbocycles. The molecule has 0 amide bonds. The zero-order valence-corrected chi connectivity index (χ0v) is 7.19. The van der Waals surface area contributed by atoms with Crippen LogP contribution >= 0.6 is 0 Å². The lowest BCUT2D eigenvalue weighted by atomic mass is 10.3. The van der Waals surface area contributed by atoms with Gasteiger partial charge in [0.15, 0.2) is 0 Å². The number of rotatable bonds is 3. The number of anilines is 1. The molecular formula is C8H11N3O. The molecule has 0 radical (unpaired) electrons. The minimum atomic E-state index is 0.351. The topological polar surface area (TPSA) is 46.1 Å². The quantitative estimate of drug-likeness (QED) is 0.604. The number of aromatic nitrogens is 2. The van der Waals surface area contributed by atoms with Crippen molar-refractivity contribution in [3.63, 3.8) is 0 Å². The van der Waals surface area contributed by atoms with Crippen LogP contribution in [0, 0.1) is 0 Å². The second kappa shape index (κ2) is 3.80. The summed E-state index contributed by atoms with van der Waals surface area (Å²) in [5.74, 6) is 0.634. The van der Waals surface area contributed by atoms with Gasteiger partial charge in [-0.2, -0.15) is 0 Å². The maximum Gasteiger partial charge on any atom is 0.224 e. The highest BCUT2D eigenvalue weighted by atomic mass is 16.1. The fourth-order valence-electron chi connectivity index (χ4n) is 0.799. The van der Waals surface area contributed by atoms with E-state index in [1.165, 1.54) is 0 Å². The van der Waals surface area contributed by atoms with E-state index in [2.05, 4.69) is 9.97 Å². The molecule has 4 nitrogen and oxygen atoms in total. The number of hydrogen-bond donors (Lipinski definition) is 0. The van der Waals surface area contributed by atoms with Gasteiger partial charge in [0.05, 0.1) is 5.69 Å². The van der Waals surface area contributed by atoms with Gasteiger partial charge in [-0.15, -0.1) is 0 Å². The fraction of sp³-hybridized carbons (Fsp3) is 0.375. The number of aldehydes is 1. The number of hydrogen-bond acceptors (Lipinski definition) is 4. The van der Waals surface area contributed by atoms with Gasteiger partial charge in [0.25, 0.3) is 0 Å². The predicted molar refractivity (Wildman–Crippen MR) is 46.1 cm³/mol. The van der Waals surface area contributed by atoms with Crippen LogP contribution in [0.25, 0.3) is 0 Å². The van der Waals surface area contributed by atoms with Crippen molar-refractivity contribution in [3.05, 3.63) is 18.0 Å². The summed E-state index contributed by atoms with van der Waals surface area (Å²) in [7, 11) is 3.72. The Labute approximate surface area is 71.3 Å². The molecule has 0 unspecified atom stereocenters. The molecule has 0 saturated carbocycles. The first-order chi connectivity index (χ1) is 5.74. The molecule has 0 aliphatic heterocycles. The van der Waals surface area contributed by atoms with Gasteiger partial charge in [-0.25, -0.2) is 9.97 Å². The van der Waals surface area contributed by atoms with E-state index in [1.54, 1.807) is 17.2 Å². The standard InChI is InChI=1S/C8H11N3O/c1-11(2)8-9-5-3-7(10-8)4-6-12/h3,5-6H,4H2,1-2H3. The van der Waals surface area contributed by atoms with Gasteiger partial charge in [0, 0.05) is 26.7 Å². The molecule has 0 aliphatic rings. The molecule has 4 heteroatoms. The van der Waals surface area contributed by atoms with Crippen LogP contribution < -0.4 is 4.90 Å². The molecule has 64 valence electrons. The zero-order chi connectivity index (χ0) is 8.97. The van der Waals surface area contributed by atoms with Gasteiger partial charge in [-0.3, -0.25) is 0 Å². The van der Waals surface area contributed by atoms with Crippen molar-refractivity contribution in [3.8, 4) is 0 Å². The number of carbonyl (C=O) groups excluding carboxylic acids is 1. The summed E-state index contributed by atoms with van der Waals surface area (Å²) in [4.78, 5) is 20.1. The van der Waals surface area contributed by atoms with Crippen LogP contribution in [0.5, 0.6) is 0 Å². The average molecular weight is 165 g/mol. The SMILES string of the molecule is CN(C)c1nccc(CC=O)n1. The van der Waals surface area contributed by atoms with E-state index < -0.39 is 0 Å². The highest BCUT2D eigenvalue weighted by Crippen LogP contribution is 2.02. The zero-order valence-electron chi connectivity index (χ0n) is 7.19. The highest BCUT2D eigenvalue weighted by Gasteiger charge is 1.99. The third-order valence-electron chi connectivity index (χ3n) is 1.39. The van der Waals surface area contributed by atoms with Gasteiger partial charge < -0.3 is 9.69 Å². The molecule has 0 fully saturated rings. The van der Waals surface area contributed by atoms with E-state index in [1.807, 2.05) is 14.1 Å². The van der Waals surface area contributed by atoms with E-state index in [0.717, 1.165) is 12.0 Å². The Kier molecular flexibility index (Phi) is 2.74. The summed E-state index contributed by atoms with van der Waals surface area (Å²) in [6, 6.07) is 1.74. The number of carbonyl (C=O) groups is 1. The van der Waals surface area contributed by atoms with Crippen molar-refractivity contribution in [1.82, 2.24) is 9.97 Å². The minimum absolute atomic E-state index is 0.351. The lowest BCUT2D eigenvalue weighted by Gasteiger charge is -2.09. The van der Waals surface area contributed by atoms with Crippen molar-refractivity contribution in [2.24, 2.45) is 0 Å². The lowest BCUT2D eigenvalue weighted by molar-refractivity contribution is -0.107. The molecule has 1 heterocycles. The third-order valence-corrected chi connectivity index (χ3v) is 1.39. The molecule has 0 N–H and O–H groups in total. The predicted octanol–water partition coefficient (Wildman–Crippen LogP) is 0.284. The second-order valence-electron chi connectivity index (χ2n) is 2.61. The summed E-state index contributed by atoms with van der Waals surface area (Å²) in [6.07, 6.45) is 2.84. The fourth-order valence-corrected chi connectivity index (χ4v) is 0.799. The third kappa shape index (κ3) is 2.02. The van der Waals surface area contributed by atoms with Crippen molar-refractivity contribution in [2.45, 2.75) is 6.42 Å². The first-order valence-corrected chi connectivity index (χ1v) is 3.67. The summed E-state index contributed by atoms with van der Waals surface area (Å²) >= 11 is 0. The second-order valence-corrected chi connectivity index (χ2v) is 2.61. The Bertz CT molecular complexity index is 273. The molecule has 0 atom stereocenters. The smallest absolute Gasteiger partial charge is 0.224 e. The highest BCUT2D eigenvalue weighted by molar-refractivity contribution is 5.53. The van der Waals surface area contributed by atoms with Crippen LogP contribution in [0.1, 0.15) is 5.69 Å². The van der Waals surface area contributed by atoms with E-state index in [4.69, 9.17) is 0 Å². The van der Waals surface area contributed by atoms with Crippen LogP contribution in [0.2, 0.25) is 0 Å². The Morgan fingerprint density at radius 1 is 1.58 bits per heavy atom. The molecule has 12 heavy (non-hydrogen) atoms. The largest absolute Gasteiger partial charge is 0.347 e. The van der Waals surface area contributed by atoms with Crippen molar-refractivity contribution in [2.75, 3.05) is 19.0 Å². The van der Waals surface area contributed by atoms with Gasteiger partial charge in [-0.1, -0.05) is 0 Å². The maximum absolute atomic E-state index is 10.2. The Morgan fingerprint density at radius 3 is 2.92 bits per heavy atom. The van der Waals surface area contributed by atoms with Crippen molar-refractivity contribution >= 4 is 12.2 Å². The van der Waals surface area contributed by atoms with Crippen LogP contribution in [0.4, 0.5) is 5.95 Å². The average Bonchev–Trinajstić information content (AvgIpc) is 2.05. The summed E-state index contributed by atoms with van der Waals surface area (Å²) < 4.78 is 0. The monoisotopic (exact) mass is 165 g/mol. The van der Waals surface area contributed by atoms with Crippen molar-refractivity contribution in [1.29, 1.82) is 0 Å². The minimum Gasteiger partial charge on any atom is -0.347 e. The Hall–Kier alpha value is -1.45. The molecule has 0 bridgehead atoms. The van der Waals surface area contributed by atoms with Crippen LogP contribution in [-0.2, 0) is 11.2 Å². The van der Waals surface area contributed by atoms with Crippen LogP contribution in [0.15, 0.2) is 12.3 Å². The summed E-state index contributed by atoms with van der Waals surface area (Å²) in [6.45, 7) is 0. The normalized spacial score (nSPS) is 9.50. The molecular weight excluding hydrogens is 154 g/mol. The lowest BCUT2D eigenvalue weighted by Crippen LogP contribution is -2.13. The first kappa shape index (κ1) is 8.64. The number of nitrogens with zero attached hydrogens (tertiary/aromatic N) is 3. The molecule has 1 aromatic rings. The Balaban J connectivity index is 2.87. The van der Waals surface area contributed by atoms with Crippen LogP contribution in [0.3, 0.4) is 0 Å². The van der Waals surface area contributed by atoms with E-state index in [-0.39, 0.29) is 0 Å². The van der Waals surface area contributed by atoms with Gasteiger partial charge in [0.1, 0.15) is 6.29 Å². The van der Waals surface area contributed by atoms with Crippen LogP contribution in [-0.4, -0.2) is 30.3 Å². The summed E-state index contributed by atoms with van der Waals surface area (Å²) in [5, 5.41) is 0. The molecule has 1 rings (SSSR count). The molecule has 0 aliphatic carbocycles. The van der Waals surface area contributed by atoms with Gasteiger partial charge in [-0.05, 0) is 6.07 Å². The van der Waals surface area contributed by atoms with Crippen molar-refractivity contribution < 1.29 is 4.79 Å².